The van der Waals surface area contributed by atoms with Crippen molar-refractivity contribution in [2.45, 2.75) is 18.7 Å². The summed E-state index contributed by atoms with van der Waals surface area (Å²) in [7, 11) is -3.90. The van der Waals surface area contributed by atoms with Crippen molar-refractivity contribution in [3.63, 3.8) is 0 Å². The van der Waals surface area contributed by atoms with E-state index in [2.05, 4.69) is 11.1 Å². The van der Waals surface area contributed by atoms with E-state index < -0.39 is 10.1 Å². The summed E-state index contributed by atoms with van der Waals surface area (Å²) in [6.45, 7) is 4.05. The van der Waals surface area contributed by atoms with Gasteiger partial charge in [-0.2, -0.15) is 8.42 Å². The van der Waals surface area contributed by atoms with Gasteiger partial charge in [0.15, 0.2) is 0 Å². The van der Waals surface area contributed by atoms with E-state index in [1.165, 1.54) is 29.8 Å². The summed E-state index contributed by atoms with van der Waals surface area (Å²) >= 11 is 5.78. The molecule has 3 aromatic carbocycles. The summed E-state index contributed by atoms with van der Waals surface area (Å²) in [4.78, 5) is 4.53. The van der Waals surface area contributed by atoms with Crippen LogP contribution in [0.1, 0.15) is 16.7 Å². The number of hydrogen-bond donors (Lipinski definition) is 0. The Kier molecular flexibility index (Phi) is 5.63. The minimum absolute atomic E-state index is 0.0485. The summed E-state index contributed by atoms with van der Waals surface area (Å²) in [5, 5.41) is 0.460. The summed E-state index contributed by atoms with van der Waals surface area (Å²) in [5.74, 6) is 0.230. The number of benzene rings is 3. The Morgan fingerprint density at radius 3 is 2.22 bits per heavy atom. The van der Waals surface area contributed by atoms with Crippen LogP contribution in [0.15, 0.2) is 76.6 Å². The Hall–Kier alpha value is -2.63. The average molecular weight is 400 g/mol. The van der Waals surface area contributed by atoms with Crippen LogP contribution in [-0.2, 0) is 10.1 Å². The zero-order valence-electron chi connectivity index (χ0n) is 14.9. The number of hydrogen-bond acceptors (Lipinski definition) is 4. The van der Waals surface area contributed by atoms with Crippen LogP contribution >= 0.6 is 11.6 Å². The molecule has 138 valence electrons. The van der Waals surface area contributed by atoms with Gasteiger partial charge in [0, 0.05) is 11.2 Å². The Morgan fingerprint density at radius 1 is 0.926 bits per heavy atom. The van der Waals surface area contributed by atoms with Crippen LogP contribution in [0.3, 0.4) is 0 Å². The molecular formula is C21H18ClNO3S. The first kappa shape index (κ1) is 19.1. The maximum absolute atomic E-state index is 12.3. The van der Waals surface area contributed by atoms with Gasteiger partial charge in [-0.05, 0) is 79.6 Å². The Morgan fingerprint density at radius 2 is 1.59 bits per heavy atom. The monoisotopic (exact) mass is 399 g/mol. The largest absolute Gasteiger partial charge is 0.379 e. The zero-order valence-corrected chi connectivity index (χ0v) is 16.5. The van der Waals surface area contributed by atoms with Gasteiger partial charge in [0.25, 0.3) is 0 Å². The van der Waals surface area contributed by atoms with Crippen molar-refractivity contribution in [1.82, 2.24) is 0 Å². The van der Waals surface area contributed by atoms with Crippen LogP contribution in [0.25, 0.3) is 0 Å². The molecule has 3 rings (SSSR count). The Bertz CT molecular complexity index is 1070. The lowest BCUT2D eigenvalue weighted by Crippen LogP contribution is -2.09. The highest BCUT2D eigenvalue weighted by Crippen LogP contribution is 2.22. The van der Waals surface area contributed by atoms with Gasteiger partial charge in [-0.15, -0.1) is 0 Å². The van der Waals surface area contributed by atoms with Crippen molar-refractivity contribution in [2.24, 2.45) is 4.99 Å². The fourth-order valence-corrected chi connectivity index (χ4v) is 3.54. The molecule has 0 saturated carbocycles. The van der Waals surface area contributed by atoms with Gasteiger partial charge in [0.2, 0.25) is 0 Å². The molecule has 27 heavy (non-hydrogen) atoms. The molecule has 4 nitrogen and oxygen atoms in total. The zero-order chi connectivity index (χ0) is 19.4. The minimum atomic E-state index is -3.90. The first-order valence-corrected chi connectivity index (χ1v) is 10.0. The Labute approximate surface area is 164 Å². The molecule has 0 aliphatic rings. The standard InChI is InChI=1S/C21H18ClNO3S/c1-15-3-12-21(16(2)13-15)23-14-17-4-8-19(9-5-17)26-27(24,25)20-10-6-18(22)7-11-20/h3-14H,1-2H3. The molecule has 6 heteroatoms. The van der Waals surface area contributed by atoms with Crippen molar-refractivity contribution in [3.05, 3.63) is 88.4 Å². The molecule has 0 spiro atoms. The van der Waals surface area contributed by atoms with Gasteiger partial charge < -0.3 is 4.18 Å². The van der Waals surface area contributed by atoms with Crippen LogP contribution in [0.2, 0.25) is 5.02 Å². The first-order chi connectivity index (χ1) is 12.8. The van der Waals surface area contributed by atoms with E-state index in [1.54, 1.807) is 30.5 Å². The van der Waals surface area contributed by atoms with Gasteiger partial charge in [-0.3, -0.25) is 4.99 Å². The maximum Gasteiger partial charge on any atom is 0.339 e. The van der Waals surface area contributed by atoms with Crippen molar-refractivity contribution >= 4 is 33.6 Å². The molecule has 0 atom stereocenters. The second-order valence-corrected chi connectivity index (χ2v) is 8.09. The van der Waals surface area contributed by atoms with E-state index in [4.69, 9.17) is 15.8 Å². The molecule has 0 radical (unpaired) electrons. The molecule has 0 heterocycles. The van der Waals surface area contributed by atoms with E-state index in [9.17, 15) is 8.42 Å². The third-order valence-electron chi connectivity index (χ3n) is 3.89. The number of nitrogens with zero attached hydrogens (tertiary/aromatic N) is 1. The molecular weight excluding hydrogens is 382 g/mol. The molecule has 0 fully saturated rings. The normalized spacial score (nSPS) is 11.7. The highest BCUT2D eigenvalue weighted by Gasteiger charge is 2.16. The van der Waals surface area contributed by atoms with Crippen molar-refractivity contribution in [1.29, 1.82) is 0 Å². The number of halogens is 1. The van der Waals surface area contributed by atoms with Crippen LogP contribution < -0.4 is 4.18 Å². The fourth-order valence-electron chi connectivity index (χ4n) is 2.48. The van der Waals surface area contributed by atoms with Crippen LogP contribution in [0.4, 0.5) is 5.69 Å². The minimum Gasteiger partial charge on any atom is -0.379 e. The summed E-state index contributed by atoms with van der Waals surface area (Å²) in [6.07, 6.45) is 1.73. The van der Waals surface area contributed by atoms with E-state index >= 15 is 0 Å². The lowest BCUT2D eigenvalue weighted by Gasteiger charge is -2.07. The highest BCUT2D eigenvalue weighted by molar-refractivity contribution is 7.87. The fraction of sp³-hybridized carbons (Fsp3) is 0.0952. The third-order valence-corrected chi connectivity index (χ3v) is 5.41. The average Bonchev–Trinajstić information content (AvgIpc) is 2.62. The molecule has 0 amide bonds. The molecule has 3 aromatic rings. The second kappa shape index (κ2) is 7.94. The van der Waals surface area contributed by atoms with Gasteiger partial charge in [0.05, 0.1) is 5.69 Å². The summed E-state index contributed by atoms with van der Waals surface area (Å²) in [6, 6.07) is 18.6. The molecule has 0 bridgehead atoms. The van der Waals surface area contributed by atoms with Gasteiger partial charge in [0.1, 0.15) is 10.6 Å². The Balaban J connectivity index is 1.73. The predicted octanol–water partition coefficient (Wildman–Crippen LogP) is 5.48. The quantitative estimate of drug-likeness (QED) is 0.422. The van der Waals surface area contributed by atoms with E-state index in [0.717, 1.165) is 16.8 Å². The highest BCUT2D eigenvalue weighted by atomic mass is 35.5. The number of aryl methyl sites for hydroxylation is 2. The van der Waals surface area contributed by atoms with Crippen LogP contribution in [-0.4, -0.2) is 14.6 Å². The SMILES string of the molecule is Cc1ccc(N=Cc2ccc(OS(=O)(=O)c3ccc(Cl)cc3)cc2)c(C)c1. The van der Waals surface area contributed by atoms with E-state index in [-0.39, 0.29) is 10.6 Å². The summed E-state index contributed by atoms with van der Waals surface area (Å²) in [5.41, 5.74) is 4.02. The van der Waals surface area contributed by atoms with Gasteiger partial charge in [-0.1, -0.05) is 29.3 Å². The van der Waals surface area contributed by atoms with E-state index in [0.29, 0.717) is 5.02 Å². The van der Waals surface area contributed by atoms with Crippen molar-refractivity contribution in [3.8, 4) is 5.75 Å². The van der Waals surface area contributed by atoms with Crippen LogP contribution in [0, 0.1) is 13.8 Å². The molecule has 0 N–H and O–H groups in total. The second-order valence-electron chi connectivity index (χ2n) is 6.11. The molecule has 0 aromatic heterocycles. The predicted molar refractivity (Wildman–Crippen MR) is 109 cm³/mol. The van der Waals surface area contributed by atoms with Crippen molar-refractivity contribution < 1.29 is 12.6 Å². The van der Waals surface area contributed by atoms with Crippen molar-refractivity contribution in [2.75, 3.05) is 0 Å². The topological polar surface area (TPSA) is 55.7 Å². The molecule has 0 aliphatic carbocycles. The number of rotatable bonds is 5. The molecule has 0 saturated heterocycles. The first-order valence-electron chi connectivity index (χ1n) is 8.25. The number of aliphatic imine (C=N–C) groups is 1. The molecule has 0 aliphatic heterocycles. The van der Waals surface area contributed by atoms with Gasteiger partial charge >= 0.3 is 10.1 Å². The maximum atomic E-state index is 12.3. The molecule has 0 unspecified atom stereocenters. The van der Waals surface area contributed by atoms with Gasteiger partial charge in [-0.25, -0.2) is 0 Å². The van der Waals surface area contributed by atoms with Crippen LogP contribution in [0.5, 0.6) is 5.75 Å². The van der Waals surface area contributed by atoms with E-state index in [1.807, 2.05) is 26.0 Å². The lowest BCUT2D eigenvalue weighted by molar-refractivity contribution is 0.486. The lowest BCUT2D eigenvalue weighted by atomic mass is 10.1. The third kappa shape index (κ3) is 4.96. The smallest absolute Gasteiger partial charge is 0.339 e. The summed E-state index contributed by atoms with van der Waals surface area (Å²) < 4.78 is 29.7.